The van der Waals surface area contributed by atoms with Crippen LogP contribution in [0, 0.1) is 0 Å². The summed E-state index contributed by atoms with van der Waals surface area (Å²) in [5.74, 6) is 1.07. The fourth-order valence-corrected chi connectivity index (χ4v) is 2.16. The van der Waals surface area contributed by atoms with E-state index in [0.29, 0.717) is 0 Å². The zero-order valence-electron chi connectivity index (χ0n) is 10.0. The molecule has 0 fully saturated rings. The Labute approximate surface area is 110 Å². The minimum absolute atomic E-state index is 0.246. The Balaban J connectivity index is 2.16. The van der Waals surface area contributed by atoms with Gasteiger partial charge in [0.1, 0.15) is 5.82 Å². The molecule has 0 bridgehead atoms. The van der Waals surface area contributed by atoms with Gasteiger partial charge in [-0.05, 0) is 31.2 Å². The van der Waals surface area contributed by atoms with Crippen molar-refractivity contribution < 1.29 is 0 Å². The van der Waals surface area contributed by atoms with Gasteiger partial charge in [-0.25, -0.2) is 4.98 Å². The van der Waals surface area contributed by atoms with Crippen LogP contribution in [0.5, 0.6) is 0 Å². The van der Waals surface area contributed by atoms with E-state index in [1.165, 1.54) is 5.56 Å². The monoisotopic (exact) mass is 293 g/mol. The third-order valence-corrected chi connectivity index (χ3v) is 3.40. The van der Waals surface area contributed by atoms with Gasteiger partial charge >= 0.3 is 0 Å². The molecule has 1 heterocycles. The summed E-state index contributed by atoms with van der Waals surface area (Å²) in [7, 11) is 3.99. The van der Waals surface area contributed by atoms with Gasteiger partial charge in [0, 0.05) is 23.9 Å². The van der Waals surface area contributed by atoms with Gasteiger partial charge < -0.3 is 9.88 Å². The van der Waals surface area contributed by atoms with Crippen LogP contribution in [0.2, 0.25) is 0 Å². The highest BCUT2D eigenvalue weighted by Crippen LogP contribution is 2.18. The number of nitrogens with zero attached hydrogens (tertiary/aromatic N) is 2. The Morgan fingerprint density at radius 1 is 1.35 bits per heavy atom. The molecule has 0 aliphatic heterocycles. The Hall–Kier alpha value is -1.13. The normalized spacial score (nSPS) is 12.6. The van der Waals surface area contributed by atoms with Gasteiger partial charge in [0.2, 0.25) is 0 Å². The molecule has 0 saturated heterocycles. The molecule has 4 heteroatoms. The Kier molecular flexibility index (Phi) is 3.97. The minimum atomic E-state index is 0.246. The summed E-state index contributed by atoms with van der Waals surface area (Å²) >= 11 is 3.45. The summed E-state index contributed by atoms with van der Waals surface area (Å²) in [6, 6.07) is 8.66. The first-order valence-electron chi connectivity index (χ1n) is 5.59. The number of hydrogen-bond donors (Lipinski definition) is 1. The van der Waals surface area contributed by atoms with E-state index in [2.05, 4.69) is 55.1 Å². The van der Waals surface area contributed by atoms with Crippen LogP contribution in [0.3, 0.4) is 0 Å². The average molecular weight is 294 g/mol. The third-order valence-electron chi connectivity index (χ3n) is 2.87. The Bertz CT molecular complexity index is 476. The van der Waals surface area contributed by atoms with E-state index in [1.54, 1.807) is 0 Å². The predicted molar refractivity (Wildman–Crippen MR) is 72.9 cm³/mol. The van der Waals surface area contributed by atoms with Crippen molar-refractivity contribution in [2.75, 3.05) is 7.05 Å². The first-order chi connectivity index (χ1) is 8.20. The lowest BCUT2D eigenvalue weighted by Gasteiger charge is -2.16. The van der Waals surface area contributed by atoms with Gasteiger partial charge in [0.05, 0.1) is 6.04 Å². The largest absolute Gasteiger partial charge is 0.337 e. The zero-order valence-corrected chi connectivity index (χ0v) is 11.6. The molecule has 2 aromatic rings. The molecular formula is C13H16BrN3. The molecule has 1 N–H and O–H groups in total. The third kappa shape index (κ3) is 2.96. The van der Waals surface area contributed by atoms with E-state index >= 15 is 0 Å². The SMILES string of the molecule is CNC(Cc1ccc(Br)cc1)c1nccn1C. The van der Waals surface area contributed by atoms with Crippen molar-refractivity contribution in [3.63, 3.8) is 0 Å². The molecule has 0 spiro atoms. The summed E-state index contributed by atoms with van der Waals surface area (Å²) in [6.07, 6.45) is 4.75. The molecule has 1 atom stereocenters. The maximum atomic E-state index is 4.39. The lowest BCUT2D eigenvalue weighted by atomic mass is 10.1. The van der Waals surface area contributed by atoms with E-state index in [1.807, 2.05) is 26.5 Å². The number of nitrogens with one attached hydrogen (secondary N) is 1. The topological polar surface area (TPSA) is 29.9 Å². The fraction of sp³-hybridized carbons (Fsp3) is 0.308. The van der Waals surface area contributed by atoms with Crippen molar-refractivity contribution >= 4 is 15.9 Å². The summed E-state index contributed by atoms with van der Waals surface area (Å²) in [4.78, 5) is 4.39. The first kappa shape index (κ1) is 12.3. The minimum Gasteiger partial charge on any atom is -0.337 e. The number of imidazole rings is 1. The average Bonchev–Trinajstić information content (AvgIpc) is 2.75. The molecule has 0 aliphatic rings. The maximum Gasteiger partial charge on any atom is 0.125 e. The first-order valence-corrected chi connectivity index (χ1v) is 6.39. The van der Waals surface area contributed by atoms with E-state index in [9.17, 15) is 0 Å². The standard InChI is InChI=1S/C13H16BrN3/c1-15-12(13-16-7-8-17(13)2)9-10-3-5-11(14)6-4-10/h3-8,12,15H,9H2,1-2H3. The van der Waals surface area contributed by atoms with Crippen LogP contribution >= 0.6 is 15.9 Å². The summed E-state index contributed by atoms with van der Waals surface area (Å²) < 4.78 is 3.17. The zero-order chi connectivity index (χ0) is 12.3. The molecule has 0 amide bonds. The molecule has 0 aliphatic carbocycles. The summed E-state index contributed by atoms with van der Waals surface area (Å²) in [6.45, 7) is 0. The van der Waals surface area contributed by atoms with E-state index in [0.717, 1.165) is 16.7 Å². The van der Waals surface area contributed by atoms with Gasteiger partial charge in [0.25, 0.3) is 0 Å². The Morgan fingerprint density at radius 2 is 2.06 bits per heavy atom. The van der Waals surface area contributed by atoms with E-state index in [4.69, 9.17) is 0 Å². The lowest BCUT2D eigenvalue weighted by Crippen LogP contribution is -2.22. The molecule has 3 nitrogen and oxygen atoms in total. The molecular weight excluding hydrogens is 278 g/mol. The van der Waals surface area contributed by atoms with Crippen molar-refractivity contribution in [2.45, 2.75) is 12.5 Å². The second-order valence-corrected chi connectivity index (χ2v) is 4.98. The molecule has 1 unspecified atom stereocenters. The number of aromatic nitrogens is 2. The molecule has 0 saturated carbocycles. The van der Waals surface area contributed by atoms with Crippen LogP contribution < -0.4 is 5.32 Å². The molecule has 1 aromatic heterocycles. The van der Waals surface area contributed by atoms with Crippen molar-refractivity contribution in [3.8, 4) is 0 Å². The molecule has 1 aromatic carbocycles. The number of benzene rings is 1. The summed E-state index contributed by atoms with van der Waals surface area (Å²) in [5, 5.41) is 3.31. The second-order valence-electron chi connectivity index (χ2n) is 4.07. The maximum absolute atomic E-state index is 4.39. The lowest BCUT2D eigenvalue weighted by molar-refractivity contribution is 0.538. The highest BCUT2D eigenvalue weighted by Gasteiger charge is 2.14. The number of hydrogen-bond acceptors (Lipinski definition) is 2. The predicted octanol–water partition coefficient (Wildman–Crippen LogP) is 2.69. The molecule has 90 valence electrons. The highest BCUT2D eigenvalue weighted by atomic mass is 79.9. The van der Waals surface area contributed by atoms with Gasteiger partial charge in [-0.3, -0.25) is 0 Å². The van der Waals surface area contributed by atoms with Crippen LogP contribution in [-0.4, -0.2) is 16.6 Å². The van der Waals surface area contributed by atoms with Crippen LogP contribution in [0.1, 0.15) is 17.4 Å². The number of rotatable bonds is 4. The van der Waals surface area contributed by atoms with Gasteiger partial charge in [-0.15, -0.1) is 0 Å². The van der Waals surface area contributed by atoms with Gasteiger partial charge in [-0.1, -0.05) is 28.1 Å². The number of likely N-dealkylation sites (N-methyl/N-ethyl adjacent to an activating group) is 1. The van der Waals surface area contributed by atoms with Crippen LogP contribution in [0.25, 0.3) is 0 Å². The highest BCUT2D eigenvalue weighted by molar-refractivity contribution is 9.10. The second kappa shape index (κ2) is 5.47. The number of aryl methyl sites for hydroxylation is 1. The Morgan fingerprint density at radius 3 is 2.59 bits per heavy atom. The fourth-order valence-electron chi connectivity index (χ4n) is 1.89. The van der Waals surface area contributed by atoms with Crippen molar-refractivity contribution in [3.05, 3.63) is 52.5 Å². The van der Waals surface area contributed by atoms with E-state index < -0.39 is 0 Å². The molecule has 0 radical (unpaired) electrons. The molecule has 2 rings (SSSR count). The number of halogens is 1. The van der Waals surface area contributed by atoms with E-state index in [-0.39, 0.29) is 6.04 Å². The van der Waals surface area contributed by atoms with Crippen LogP contribution in [0.4, 0.5) is 0 Å². The molecule has 17 heavy (non-hydrogen) atoms. The summed E-state index contributed by atoms with van der Waals surface area (Å²) in [5.41, 5.74) is 1.30. The van der Waals surface area contributed by atoms with Gasteiger partial charge in [-0.2, -0.15) is 0 Å². The smallest absolute Gasteiger partial charge is 0.125 e. The van der Waals surface area contributed by atoms with Crippen molar-refractivity contribution in [1.29, 1.82) is 0 Å². The van der Waals surface area contributed by atoms with Crippen molar-refractivity contribution in [2.24, 2.45) is 7.05 Å². The van der Waals surface area contributed by atoms with Crippen LogP contribution in [-0.2, 0) is 13.5 Å². The van der Waals surface area contributed by atoms with Crippen molar-refractivity contribution in [1.82, 2.24) is 14.9 Å². The van der Waals surface area contributed by atoms with Crippen LogP contribution in [0.15, 0.2) is 41.1 Å². The quantitative estimate of drug-likeness (QED) is 0.939. The van der Waals surface area contributed by atoms with Gasteiger partial charge in [0.15, 0.2) is 0 Å².